The second-order valence-corrected chi connectivity index (χ2v) is 7.31. The van der Waals surface area contributed by atoms with Gasteiger partial charge in [0.05, 0.1) is 6.10 Å². The van der Waals surface area contributed by atoms with Crippen LogP contribution < -0.4 is 10.1 Å². The first kappa shape index (κ1) is 22.5. The number of alkyl carbamates (subject to hydrolysis) is 1. The topological polar surface area (TPSA) is 88.0 Å². The summed E-state index contributed by atoms with van der Waals surface area (Å²) in [5.41, 5.74) is -0.475. The van der Waals surface area contributed by atoms with Gasteiger partial charge in [0, 0.05) is 11.0 Å². The lowest BCUT2D eigenvalue weighted by Gasteiger charge is -2.22. The summed E-state index contributed by atoms with van der Waals surface area (Å²) < 4.78 is 45.5. The Morgan fingerprint density at radius 3 is 2.38 bits per heavy atom. The highest BCUT2D eigenvalue weighted by atomic mass is 79.9. The molecule has 148 valence electrons. The van der Waals surface area contributed by atoms with Gasteiger partial charge in [-0.15, -0.1) is 13.2 Å². The molecule has 3 N–H and O–H groups in total. The molecular weight excluding hydrogens is 423 g/mol. The fourth-order valence-electron chi connectivity index (χ4n) is 1.95. The Labute approximate surface area is 157 Å². The van der Waals surface area contributed by atoms with E-state index in [1.165, 1.54) is 6.07 Å². The van der Waals surface area contributed by atoms with Crippen LogP contribution in [0.4, 0.5) is 18.0 Å². The van der Waals surface area contributed by atoms with Gasteiger partial charge in [0.1, 0.15) is 17.5 Å². The number of hydrogen-bond donors (Lipinski definition) is 3. The number of halogens is 4. The van der Waals surface area contributed by atoms with Gasteiger partial charge < -0.3 is 25.0 Å². The molecule has 0 saturated carbocycles. The van der Waals surface area contributed by atoms with Crippen LogP contribution in [-0.4, -0.2) is 40.9 Å². The Bertz CT molecular complexity index is 619. The van der Waals surface area contributed by atoms with Gasteiger partial charge in [-0.3, -0.25) is 0 Å². The van der Waals surface area contributed by atoms with Crippen LogP contribution >= 0.6 is 15.9 Å². The lowest BCUT2D eigenvalue weighted by atomic mass is 10.0. The summed E-state index contributed by atoms with van der Waals surface area (Å²) in [6.45, 7) is 5.15. The maximum atomic E-state index is 12.2. The zero-order chi connectivity index (χ0) is 20.1. The molecule has 1 aromatic rings. The molecule has 0 aliphatic heterocycles. The van der Waals surface area contributed by atoms with Gasteiger partial charge in [0.2, 0.25) is 0 Å². The molecule has 2 atom stereocenters. The molecule has 1 amide bonds. The lowest BCUT2D eigenvalue weighted by molar-refractivity contribution is -0.274. The van der Waals surface area contributed by atoms with E-state index in [0.29, 0.717) is 0 Å². The van der Waals surface area contributed by atoms with E-state index in [1.807, 2.05) is 0 Å². The second-order valence-electron chi connectivity index (χ2n) is 6.46. The fourth-order valence-corrected chi connectivity index (χ4v) is 2.54. The normalized spacial score (nSPS) is 14.5. The number of nitrogens with one attached hydrogen (secondary N) is 1. The highest BCUT2D eigenvalue weighted by molar-refractivity contribution is 9.10. The van der Waals surface area contributed by atoms with Crippen molar-refractivity contribution in [1.29, 1.82) is 0 Å². The molecular formula is C16H21BrF3NO5. The summed E-state index contributed by atoms with van der Waals surface area (Å²) in [5.74, 6) is -0.457. The quantitative estimate of drug-likeness (QED) is 0.624. The van der Waals surface area contributed by atoms with Crippen molar-refractivity contribution in [2.45, 2.75) is 51.4 Å². The van der Waals surface area contributed by atoms with Crippen molar-refractivity contribution < 1.29 is 37.7 Å². The van der Waals surface area contributed by atoms with Crippen molar-refractivity contribution in [3.05, 3.63) is 28.2 Å². The number of benzene rings is 1. The van der Waals surface area contributed by atoms with Crippen molar-refractivity contribution in [2.75, 3.05) is 6.54 Å². The molecule has 26 heavy (non-hydrogen) atoms. The first-order valence-corrected chi connectivity index (χ1v) is 8.46. The Kier molecular flexibility index (Phi) is 7.72. The van der Waals surface area contributed by atoms with Crippen LogP contribution in [0.5, 0.6) is 5.75 Å². The van der Waals surface area contributed by atoms with Crippen LogP contribution in [0.25, 0.3) is 0 Å². The summed E-state index contributed by atoms with van der Waals surface area (Å²) in [4.78, 5) is 11.5. The highest BCUT2D eigenvalue weighted by Gasteiger charge is 2.31. The summed E-state index contributed by atoms with van der Waals surface area (Å²) >= 11 is 3.04. The zero-order valence-corrected chi connectivity index (χ0v) is 16.0. The third kappa shape index (κ3) is 8.24. The number of ether oxygens (including phenoxy) is 2. The third-order valence-corrected chi connectivity index (χ3v) is 3.68. The van der Waals surface area contributed by atoms with Crippen LogP contribution in [-0.2, 0) is 4.74 Å². The Morgan fingerprint density at radius 2 is 1.88 bits per heavy atom. The van der Waals surface area contributed by atoms with E-state index in [9.17, 15) is 28.2 Å². The monoisotopic (exact) mass is 443 g/mol. The van der Waals surface area contributed by atoms with Gasteiger partial charge in [-0.25, -0.2) is 4.79 Å². The predicted octanol–water partition coefficient (Wildman–Crippen LogP) is 3.66. The Morgan fingerprint density at radius 1 is 1.27 bits per heavy atom. The summed E-state index contributed by atoms with van der Waals surface area (Å²) in [5, 5.41) is 22.6. The van der Waals surface area contributed by atoms with Gasteiger partial charge in [-0.1, -0.05) is 22.0 Å². The summed E-state index contributed by atoms with van der Waals surface area (Å²) in [7, 11) is 0. The van der Waals surface area contributed by atoms with Crippen molar-refractivity contribution in [3.63, 3.8) is 0 Å². The minimum Gasteiger partial charge on any atom is -0.444 e. The number of aliphatic hydroxyl groups excluding tert-OH is 2. The van der Waals surface area contributed by atoms with E-state index in [0.717, 1.165) is 12.1 Å². The first-order valence-electron chi connectivity index (χ1n) is 7.66. The maximum Gasteiger partial charge on any atom is 0.573 e. The van der Waals surface area contributed by atoms with Crippen molar-refractivity contribution >= 4 is 22.0 Å². The molecule has 1 aromatic carbocycles. The number of hydrogen-bond acceptors (Lipinski definition) is 5. The molecule has 0 bridgehead atoms. The molecule has 0 heterocycles. The fraction of sp³-hybridized carbons (Fsp3) is 0.562. The Balaban J connectivity index is 2.60. The van der Waals surface area contributed by atoms with E-state index in [-0.39, 0.29) is 23.0 Å². The molecule has 1 rings (SSSR count). The van der Waals surface area contributed by atoms with E-state index in [4.69, 9.17) is 4.74 Å². The minimum atomic E-state index is -4.83. The number of aliphatic hydroxyl groups is 2. The predicted molar refractivity (Wildman–Crippen MR) is 90.6 cm³/mol. The maximum absolute atomic E-state index is 12.2. The van der Waals surface area contributed by atoms with Gasteiger partial charge >= 0.3 is 12.5 Å². The highest BCUT2D eigenvalue weighted by Crippen LogP contribution is 2.32. The summed E-state index contributed by atoms with van der Waals surface area (Å²) in [6, 6.07) is 3.28. The number of alkyl halides is 3. The molecule has 10 heteroatoms. The molecule has 0 aromatic heterocycles. The van der Waals surface area contributed by atoms with Gasteiger partial charge in [-0.05, 0) is 44.9 Å². The van der Waals surface area contributed by atoms with Crippen molar-refractivity contribution in [2.24, 2.45) is 0 Å². The number of rotatable bonds is 6. The number of carbonyl (C=O) groups is 1. The van der Waals surface area contributed by atoms with Crippen LogP contribution in [0, 0.1) is 0 Å². The van der Waals surface area contributed by atoms with Gasteiger partial charge in [-0.2, -0.15) is 0 Å². The minimum absolute atomic E-state index is 0.00759. The van der Waals surface area contributed by atoms with Crippen LogP contribution in [0.1, 0.15) is 38.9 Å². The largest absolute Gasteiger partial charge is 0.573 e. The molecule has 0 aliphatic rings. The molecule has 0 radical (unpaired) electrons. The molecule has 0 spiro atoms. The molecule has 0 aliphatic carbocycles. The van der Waals surface area contributed by atoms with E-state index in [2.05, 4.69) is 26.0 Å². The zero-order valence-electron chi connectivity index (χ0n) is 14.4. The standard InChI is InChI=1S/C16H21BrF3NO5/c1-15(2,3)26-14(24)21-7-6-12(22)13(23)10-5-4-9(8-11(10)17)25-16(18,19)20/h4-5,8,12-13,22-23H,6-7H2,1-3H3,(H,21,24). The van der Waals surface area contributed by atoms with E-state index < -0.39 is 36.0 Å². The van der Waals surface area contributed by atoms with Crippen molar-refractivity contribution in [3.8, 4) is 5.75 Å². The smallest absolute Gasteiger partial charge is 0.444 e. The van der Waals surface area contributed by atoms with Crippen molar-refractivity contribution in [1.82, 2.24) is 5.32 Å². The molecule has 0 fully saturated rings. The molecule has 0 saturated heterocycles. The SMILES string of the molecule is CC(C)(C)OC(=O)NCCC(O)C(O)c1ccc(OC(F)(F)F)cc1Br. The van der Waals surface area contributed by atoms with Crippen LogP contribution in [0.15, 0.2) is 22.7 Å². The van der Waals surface area contributed by atoms with Gasteiger partial charge in [0.25, 0.3) is 0 Å². The average Bonchev–Trinajstić information content (AvgIpc) is 2.42. The van der Waals surface area contributed by atoms with Crippen LogP contribution in [0.3, 0.4) is 0 Å². The summed E-state index contributed by atoms with van der Waals surface area (Å²) in [6.07, 6.45) is -8.10. The van der Waals surface area contributed by atoms with E-state index >= 15 is 0 Å². The lowest BCUT2D eigenvalue weighted by Crippen LogP contribution is -2.34. The molecule has 2 unspecified atom stereocenters. The van der Waals surface area contributed by atoms with Crippen LogP contribution in [0.2, 0.25) is 0 Å². The Hall–Kier alpha value is -1.52. The third-order valence-electron chi connectivity index (χ3n) is 3.00. The average molecular weight is 444 g/mol. The number of amides is 1. The molecule has 6 nitrogen and oxygen atoms in total. The second kappa shape index (κ2) is 8.92. The number of carbonyl (C=O) groups excluding carboxylic acids is 1. The first-order chi connectivity index (χ1) is 11.8. The van der Waals surface area contributed by atoms with E-state index in [1.54, 1.807) is 20.8 Å². The van der Waals surface area contributed by atoms with Gasteiger partial charge in [0.15, 0.2) is 0 Å².